The minimum atomic E-state index is -0.581. The van der Waals surface area contributed by atoms with E-state index in [-0.39, 0.29) is 11.9 Å². The SMILES string of the molecule is COc1ccccc1-c1c[nH]c2ncc(-c3cccc(CC(N)C(=O)NC4CCN(C)CC4)c3)cc12. The van der Waals surface area contributed by atoms with Crippen LogP contribution in [0.1, 0.15) is 18.4 Å². The van der Waals surface area contributed by atoms with Crippen LogP contribution in [0.3, 0.4) is 0 Å². The first kappa shape index (κ1) is 24.0. The third kappa shape index (κ3) is 5.12. The van der Waals surface area contributed by atoms with Gasteiger partial charge in [-0.05, 0) is 62.7 Å². The molecule has 0 bridgehead atoms. The largest absolute Gasteiger partial charge is 0.496 e. The Labute approximate surface area is 211 Å². The maximum absolute atomic E-state index is 12.7. The number of aromatic nitrogens is 2. The summed E-state index contributed by atoms with van der Waals surface area (Å²) in [6.45, 7) is 2.00. The molecule has 1 atom stereocenters. The van der Waals surface area contributed by atoms with Gasteiger partial charge in [0.05, 0.1) is 13.2 Å². The smallest absolute Gasteiger partial charge is 0.237 e. The molecule has 1 aliphatic rings. The zero-order valence-electron chi connectivity index (χ0n) is 20.8. The lowest BCUT2D eigenvalue weighted by Crippen LogP contribution is -2.49. The van der Waals surface area contributed by atoms with Crippen LogP contribution in [-0.4, -0.2) is 60.1 Å². The van der Waals surface area contributed by atoms with Gasteiger partial charge in [-0.1, -0.05) is 42.5 Å². The van der Waals surface area contributed by atoms with Gasteiger partial charge in [0.25, 0.3) is 0 Å². The predicted octanol–water partition coefficient (Wildman–Crippen LogP) is 3.99. The van der Waals surface area contributed by atoms with Crippen LogP contribution in [0, 0.1) is 0 Å². The van der Waals surface area contributed by atoms with Crippen molar-refractivity contribution in [3.8, 4) is 28.0 Å². The highest BCUT2D eigenvalue weighted by atomic mass is 16.5. The molecule has 1 saturated heterocycles. The number of benzene rings is 2. The number of ether oxygens (including phenoxy) is 1. The third-order valence-corrected chi connectivity index (χ3v) is 7.05. The van der Waals surface area contributed by atoms with Gasteiger partial charge in [0, 0.05) is 40.5 Å². The Bertz CT molecular complexity index is 1360. The summed E-state index contributed by atoms with van der Waals surface area (Å²) in [6, 6.07) is 17.9. The van der Waals surface area contributed by atoms with E-state index in [2.05, 4.69) is 45.4 Å². The summed E-state index contributed by atoms with van der Waals surface area (Å²) >= 11 is 0. The molecule has 7 nitrogen and oxygen atoms in total. The van der Waals surface area contributed by atoms with E-state index in [1.165, 1.54) is 0 Å². The number of para-hydroxylation sites is 1. The molecule has 36 heavy (non-hydrogen) atoms. The number of fused-ring (bicyclic) bond motifs is 1. The van der Waals surface area contributed by atoms with Gasteiger partial charge in [-0.25, -0.2) is 4.98 Å². The van der Waals surface area contributed by atoms with Crippen LogP contribution in [0.25, 0.3) is 33.3 Å². The fourth-order valence-corrected chi connectivity index (χ4v) is 4.94. The van der Waals surface area contributed by atoms with E-state index in [0.717, 1.165) is 70.5 Å². The molecule has 4 aromatic rings. The number of methoxy groups -OCH3 is 1. The Morgan fingerprint density at radius 3 is 2.75 bits per heavy atom. The topological polar surface area (TPSA) is 96.3 Å². The molecule has 2 aromatic heterocycles. The standard InChI is InChI=1S/C29H33N5O2/c1-34-12-10-22(11-13-34)33-29(35)26(30)15-19-6-5-7-20(14-19)21-16-24-25(18-32-28(24)31-17-21)23-8-3-4-9-27(23)36-2/h3-9,14,16-18,22,26H,10-13,15,30H2,1-2H3,(H,31,32)(H,33,35). The highest BCUT2D eigenvalue weighted by molar-refractivity contribution is 5.97. The molecule has 0 radical (unpaired) electrons. The molecule has 1 amide bonds. The Morgan fingerprint density at radius 1 is 1.14 bits per heavy atom. The average Bonchev–Trinajstić information content (AvgIpc) is 3.33. The zero-order valence-corrected chi connectivity index (χ0v) is 20.8. The van der Waals surface area contributed by atoms with Crippen LogP contribution in [0.4, 0.5) is 0 Å². The van der Waals surface area contributed by atoms with Crippen LogP contribution in [-0.2, 0) is 11.2 Å². The molecule has 0 saturated carbocycles. The number of H-pyrrole nitrogens is 1. The molecule has 1 fully saturated rings. The Hall–Kier alpha value is -3.68. The number of aromatic amines is 1. The first-order valence-electron chi connectivity index (χ1n) is 12.5. The van der Waals surface area contributed by atoms with E-state index in [1.54, 1.807) is 7.11 Å². The van der Waals surface area contributed by atoms with Gasteiger partial charge < -0.3 is 25.7 Å². The number of hydrogen-bond donors (Lipinski definition) is 3. The number of pyridine rings is 1. The molecule has 3 heterocycles. The minimum Gasteiger partial charge on any atom is -0.496 e. The average molecular weight is 484 g/mol. The molecular formula is C29H33N5O2. The number of nitrogens with two attached hydrogens (primary N) is 1. The molecule has 7 heteroatoms. The lowest BCUT2D eigenvalue weighted by atomic mass is 9.98. The van der Waals surface area contributed by atoms with Crippen molar-refractivity contribution in [1.82, 2.24) is 20.2 Å². The van der Waals surface area contributed by atoms with Crippen LogP contribution < -0.4 is 15.8 Å². The van der Waals surface area contributed by atoms with Gasteiger partial charge in [-0.3, -0.25) is 4.79 Å². The number of rotatable bonds is 7. The number of carbonyl (C=O) groups excluding carboxylic acids is 1. The van der Waals surface area contributed by atoms with E-state index < -0.39 is 6.04 Å². The fraction of sp³-hybridized carbons (Fsp3) is 0.310. The van der Waals surface area contributed by atoms with Gasteiger partial charge in [-0.15, -0.1) is 0 Å². The summed E-state index contributed by atoms with van der Waals surface area (Å²) in [6.07, 6.45) is 6.26. The van der Waals surface area contributed by atoms with Gasteiger partial charge >= 0.3 is 0 Å². The third-order valence-electron chi connectivity index (χ3n) is 7.05. The molecule has 186 valence electrons. The van der Waals surface area contributed by atoms with Crippen LogP contribution >= 0.6 is 0 Å². The number of nitrogens with zero attached hydrogens (tertiary/aromatic N) is 2. The van der Waals surface area contributed by atoms with E-state index in [4.69, 9.17) is 10.5 Å². The summed E-state index contributed by atoms with van der Waals surface area (Å²) in [4.78, 5) is 22.9. The van der Waals surface area contributed by atoms with Crippen molar-refractivity contribution in [2.75, 3.05) is 27.2 Å². The second kappa shape index (κ2) is 10.5. The summed E-state index contributed by atoms with van der Waals surface area (Å²) in [7, 11) is 3.79. The molecule has 5 rings (SSSR count). The number of nitrogens with one attached hydrogen (secondary N) is 2. The molecule has 4 N–H and O–H groups in total. The maximum Gasteiger partial charge on any atom is 0.237 e. The van der Waals surface area contributed by atoms with Crippen LogP contribution in [0.5, 0.6) is 5.75 Å². The first-order chi connectivity index (χ1) is 17.5. The zero-order chi connectivity index (χ0) is 25.1. The minimum absolute atomic E-state index is 0.0770. The second-order valence-electron chi connectivity index (χ2n) is 9.62. The van der Waals surface area contributed by atoms with Crippen molar-refractivity contribution in [1.29, 1.82) is 0 Å². The van der Waals surface area contributed by atoms with Crippen molar-refractivity contribution < 1.29 is 9.53 Å². The molecular weight excluding hydrogens is 450 g/mol. The van der Waals surface area contributed by atoms with E-state index >= 15 is 0 Å². The van der Waals surface area contributed by atoms with Crippen molar-refractivity contribution in [2.45, 2.75) is 31.3 Å². The number of likely N-dealkylation sites (tertiary alicyclic amines) is 1. The maximum atomic E-state index is 12.7. The van der Waals surface area contributed by atoms with Crippen molar-refractivity contribution in [2.24, 2.45) is 5.73 Å². The van der Waals surface area contributed by atoms with Crippen molar-refractivity contribution >= 4 is 16.9 Å². The molecule has 1 unspecified atom stereocenters. The normalized spacial score (nSPS) is 15.6. The van der Waals surface area contributed by atoms with Crippen molar-refractivity contribution in [3.63, 3.8) is 0 Å². The van der Waals surface area contributed by atoms with E-state index in [1.807, 2.05) is 48.8 Å². The first-order valence-corrected chi connectivity index (χ1v) is 12.5. The summed E-state index contributed by atoms with van der Waals surface area (Å²) in [5.41, 5.74) is 12.3. The summed E-state index contributed by atoms with van der Waals surface area (Å²) in [5.74, 6) is 0.741. The lowest BCUT2D eigenvalue weighted by molar-refractivity contribution is -0.123. The summed E-state index contributed by atoms with van der Waals surface area (Å²) < 4.78 is 5.58. The molecule has 0 spiro atoms. The molecule has 2 aromatic carbocycles. The monoisotopic (exact) mass is 483 g/mol. The summed E-state index contributed by atoms with van der Waals surface area (Å²) in [5, 5.41) is 4.16. The van der Waals surface area contributed by atoms with Gasteiger partial charge in [0.15, 0.2) is 0 Å². The number of hydrogen-bond acceptors (Lipinski definition) is 5. The lowest BCUT2D eigenvalue weighted by Gasteiger charge is -2.30. The van der Waals surface area contributed by atoms with E-state index in [0.29, 0.717) is 6.42 Å². The molecule has 1 aliphatic heterocycles. The highest BCUT2D eigenvalue weighted by Crippen LogP contribution is 2.36. The van der Waals surface area contributed by atoms with Gasteiger partial charge in [-0.2, -0.15) is 0 Å². The Morgan fingerprint density at radius 2 is 1.94 bits per heavy atom. The molecule has 0 aliphatic carbocycles. The Balaban J connectivity index is 1.35. The highest BCUT2D eigenvalue weighted by Gasteiger charge is 2.22. The van der Waals surface area contributed by atoms with Gasteiger partial charge in [0.1, 0.15) is 11.4 Å². The van der Waals surface area contributed by atoms with Gasteiger partial charge in [0.2, 0.25) is 5.91 Å². The predicted molar refractivity (Wildman–Crippen MR) is 144 cm³/mol. The second-order valence-corrected chi connectivity index (χ2v) is 9.62. The Kier molecular flexibility index (Phi) is 7.02. The number of amides is 1. The van der Waals surface area contributed by atoms with E-state index in [9.17, 15) is 4.79 Å². The number of piperidine rings is 1. The van der Waals surface area contributed by atoms with Crippen molar-refractivity contribution in [3.05, 3.63) is 72.6 Å². The number of carbonyl (C=O) groups is 1. The van der Waals surface area contributed by atoms with Crippen LogP contribution in [0.2, 0.25) is 0 Å². The van der Waals surface area contributed by atoms with Crippen LogP contribution in [0.15, 0.2) is 67.0 Å². The fourth-order valence-electron chi connectivity index (χ4n) is 4.94. The quantitative estimate of drug-likeness (QED) is 0.369.